The molecule has 0 heterocycles. The van der Waals surface area contributed by atoms with Crippen molar-refractivity contribution < 1.29 is 32.8 Å². The van der Waals surface area contributed by atoms with E-state index in [1.54, 1.807) is 0 Å². The molecule has 0 saturated carbocycles. The van der Waals surface area contributed by atoms with Crippen LogP contribution in [-0.4, -0.2) is 51.2 Å². The molecule has 2 unspecified atom stereocenters. The zero-order chi connectivity index (χ0) is 26.8. The molecule has 0 aliphatic heterocycles. The van der Waals surface area contributed by atoms with Crippen LogP contribution in [0.25, 0.3) is 0 Å². The van der Waals surface area contributed by atoms with Crippen molar-refractivity contribution >= 4 is 10.4 Å². The highest BCUT2D eigenvalue weighted by Crippen LogP contribution is 2.17. The highest BCUT2D eigenvalue weighted by Gasteiger charge is 2.23. The second kappa shape index (κ2) is 26.8. The Kier molecular flexibility index (Phi) is 28.3. The zero-order valence-corrected chi connectivity index (χ0v) is 23.6. The van der Waals surface area contributed by atoms with Gasteiger partial charge in [-0.1, -0.05) is 142 Å². The lowest BCUT2D eigenvalue weighted by Crippen LogP contribution is -2.37. The van der Waals surface area contributed by atoms with Crippen LogP contribution < -0.4 is 0 Å². The molecule has 0 bridgehead atoms. The number of aliphatic hydroxyl groups excluding tert-OH is 3. The van der Waals surface area contributed by atoms with Crippen LogP contribution >= 0.6 is 0 Å². The van der Waals surface area contributed by atoms with E-state index < -0.39 is 28.7 Å². The quantitative estimate of drug-likeness (QED) is 0.0672. The van der Waals surface area contributed by atoms with Gasteiger partial charge in [-0.3, -0.25) is 9.11 Å². The molecule has 0 aromatic rings. The Morgan fingerprint density at radius 3 is 0.886 bits per heavy atom. The van der Waals surface area contributed by atoms with E-state index in [2.05, 4.69) is 13.8 Å². The van der Waals surface area contributed by atoms with E-state index in [0.29, 0.717) is 12.8 Å². The number of hydrogen-bond acceptors (Lipinski definition) is 5. The predicted octanol–water partition coefficient (Wildman–Crippen LogP) is 7.04. The van der Waals surface area contributed by atoms with Gasteiger partial charge in [-0.25, -0.2) is 0 Å². The lowest BCUT2D eigenvalue weighted by atomic mass is 9.97. The van der Waals surface area contributed by atoms with Crippen LogP contribution in [0.4, 0.5) is 0 Å². The van der Waals surface area contributed by atoms with E-state index in [9.17, 15) is 15.3 Å². The molecule has 8 heteroatoms. The summed E-state index contributed by atoms with van der Waals surface area (Å²) in [7, 11) is -4.67. The standard InChI is InChI=1S/C27H56O3.H2O4S/c1-3-5-7-9-11-13-15-17-19-21-23-25(28)27(30)26(29)24-22-20-18-16-14-12-10-8-6-4-2;1-5(2,3)4/h25-30H,3-24H2,1-2H3;(H2,1,2,3,4). The predicted molar refractivity (Wildman–Crippen MR) is 145 cm³/mol. The van der Waals surface area contributed by atoms with E-state index in [0.717, 1.165) is 25.7 Å². The summed E-state index contributed by atoms with van der Waals surface area (Å²) in [5.41, 5.74) is 0. The summed E-state index contributed by atoms with van der Waals surface area (Å²) in [6.45, 7) is 4.50. The van der Waals surface area contributed by atoms with Crippen LogP contribution in [0.5, 0.6) is 0 Å². The molecule has 0 fully saturated rings. The smallest absolute Gasteiger partial charge is 0.390 e. The fraction of sp³-hybridized carbons (Fsp3) is 1.00. The van der Waals surface area contributed by atoms with E-state index in [1.807, 2.05) is 0 Å². The Labute approximate surface area is 216 Å². The molecule has 2 atom stereocenters. The van der Waals surface area contributed by atoms with Crippen molar-refractivity contribution in [2.24, 2.45) is 0 Å². The van der Waals surface area contributed by atoms with Crippen molar-refractivity contribution in [3.63, 3.8) is 0 Å². The van der Waals surface area contributed by atoms with Crippen LogP contribution in [0, 0.1) is 0 Å². The molecular weight excluding hydrogens is 468 g/mol. The van der Waals surface area contributed by atoms with Crippen LogP contribution in [0.15, 0.2) is 0 Å². The van der Waals surface area contributed by atoms with Gasteiger partial charge >= 0.3 is 10.4 Å². The van der Waals surface area contributed by atoms with Crippen molar-refractivity contribution in [1.29, 1.82) is 0 Å². The third-order valence-corrected chi connectivity index (χ3v) is 6.50. The number of aliphatic hydroxyl groups is 3. The van der Waals surface area contributed by atoms with Crippen molar-refractivity contribution in [3.8, 4) is 0 Å². The van der Waals surface area contributed by atoms with Gasteiger partial charge in [-0.15, -0.1) is 0 Å². The minimum Gasteiger partial charge on any atom is -0.390 e. The summed E-state index contributed by atoms with van der Waals surface area (Å²) in [6.07, 6.45) is 24.0. The SMILES string of the molecule is CCCCCCCCCCCCC(O)C(O)C(O)CCCCCCCCCCCC.O=S(=O)(O)O. The first-order valence-electron chi connectivity index (χ1n) is 14.4. The lowest BCUT2D eigenvalue weighted by Gasteiger charge is -2.23. The molecule has 35 heavy (non-hydrogen) atoms. The van der Waals surface area contributed by atoms with Crippen molar-refractivity contribution in [2.75, 3.05) is 0 Å². The molecule has 0 aliphatic rings. The molecule has 0 amide bonds. The first-order chi connectivity index (χ1) is 16.6. The highest BCUT2D eigenvalue weighted by atomic mass is 32.3. The van der Waals surface area contributed by atoms with Crippen LogP contribution in [0.2, 0.25) is 0 Å². The second-order valence-electron chi connectivity index (χ2n) is 10.0. The zero-order valence-electron chi connectivity index (χ0n) is 22.7. The molecular formula is C27H58O7S. The number of rotatable bonds is 24. The summed E-state index contributed by atoms with van der Waals surface area (Å²) < 4.78 is 31.6. The first kappa shape index (κ1) is 36.9. The summed E-state index contributed by atoms with van der Waals surface area (Å²) in [5, 5.41) is 30.5. The Hall–Kier alpha value is -0.250. The van der Waals surface area contributed by atoms with Gasteiger partial charge in [0, 0.05) is 0 Å². The molecule has 7 nitrogen and oxygen atoms in total. The van der Waals surface area contributed by atoms with Gasteiger partial charge < -0.3 is 15.3 Å². The van der Waals surface area contributed by atoms with Gasteiger partial charge in [-0.05, 0) is 12.8 Å². The fourth-order valence-electron chi connectivity index (χ4n) is 4.28. The van der Waals surface area contributed by atoms with Crippen LogP contribution in [0.3, 0.4) is 0 Å². The third-order valence-electron chi connectivity index (χ3n) is 6.50. The normalized spacial score (nSPS) is 14.3. The Balaban J connectivity index is 0. The Morgan fingerprint density at radius 2 is 0.657 bits per heavy atom. The van der Waals surface area contributed by atoms with E-state index in [-0.39, 0.29) is 0 Å². The van der Waals surface area contributed by atoms with Gasteiger partial charge in [0.1, 0.15) is 6.10 Å². The largest absolute Gasteiger partial charge is 0.394 e. The van der Waals surface area contributed by atoms with E-state index in [4.69, 9.17) is 17.5 Å². The van der Waals surface area contributed by atoms with Crippen molar-refractivity contribution in [1.82, 2.24) is 0 Å². The maximum absolute atomic E-state index is 10.2. The summed E-state index contributed by atoms with van der Waals surface area (Å²) in [5.74, 6) is 0. The Bertz CT molecular complexity index is 476. The number of unbranched alkanes of at least 4 members (excludes halogenated alkanes) is 18. The maximum atomic E-state index is 10.2. The maximum Gasteiger partial charge on any atom is 0.394 e. The molecule has 0 spiro atoms. The minimum absolute atomic E-state index is 0.604. The second-order valence-corrected chi connectivity index (χ2v) is 10.9. The molecule has 214 valence electrons. The fourth-order valence-corrected chi connectivity index (χ4v) is 4.28. The monoisotopic (exact) mass is 526 g/mol. The van der Waals surface area contributed by atoms with Gasteiger partial charge in [0.15, 0.2) is 0 Å². The van der Waals surface area contributed by atoms with E-state index >= 15 is 0 Å². The van der Waals surface area contributed by atoms with Crippen molar-refractivity contribution in [3.05, 3.63) is 0 Å². The average Bonchev–Trinajstić information content (AvgIpc) is 2.79. The van der Waals surface area contributed by atoms with Gasteiger partial charge in [0.25, 0.3) is 0 Å². The Morgan fingerprint density at radius 1 is 0.457 bits per heavy atom. The molecule has 0 aliphatic carbocycles. The molecule has 0 saturated heterocycles. The van der Waals surface area contributed by atoms with Crippen molar-refractivity contribution in [2.45, 2.75) is 173 Å². The van der Waals surface area contributed by atoms with E-state index in [1.165, 1.54) is 103 Å². The molecule has 5 N–H and O–H groups in total. The highest BCUT2D eigenvalue weighted by molar-refractivity contribution is 7.79. The lowest BCUT2D eigenvalue weighted by molar-refractivity contribution is -0.0653. The molecule has 0 aromatic carbocycles. The molecule has 0 rings (SSSR count). The average molecular weight is 527 g/mol. The summed E-state index contributed by atoms with van der Waals surface area (Å²) >= 11 is 0. The van der Waals surface area contributed by atoms with Gasteiger partial charge in [-0.2, -0.15) is 8.42 Å². The summed E-state index contributed by atoms with van der Waals surface area (Å²) in [4.78, 5) is 0. The molecule has 0 aromatic heterocycles. The third kappa shape index (κ3) is 33.8. The van der Waals surface area contributed by atoms with Crippen LogP contribution in [0.1, 0.15) is 155 Å². The number of hydrogen-bond donors (Lipinski definition) is 5. The molecule has 0 radical (unpaired) electrons. The summed E-state index contributed by atoms with van der Waals surface area (Å²) in [6, 6.07) is 0. The van der Waals surface area contributed by atoms with Gasteiger partial charge in [0.2, 0.25) is 0 Å². The minimum atomic E-state index is -4.67. The topological polar surface area (TPSA) is 135 Å². The van der Waals surface area contributed by atoms with Gasteiger partial charge in [0.05, 0.1) is 12.2 Å². The first-order valence-corrected chi connectivity index (χ1v) is 15.8. The van der Waals surface area contributed by atoms with Crippen LogP contribution in [-0.2, 0) is 10.4 Å².